The van der Waals surface area contributed by atoms with Gasteiger partial charge < -0.3 is 4.90 Å². The largest absolute Gasteiger partial charge is 0.310 e. The van der Waals surface area contributed by atoms with Gasteiger partial charge in [0, 0.05) is 17.1 Å². The molecule has 2 atom stereocenters. The number of fused-ring (bicyclic) bond motifs is 5. The van der Waals surface area contributed by atoms with Crippen LogP contribution in [0.25, 0.3) is 40.0 Å². The average molecular weight is 982 g/mol. The first-order chi connectivity index (χ1) is 35.9. The first-order valence-corrected chi connectivity index (χ1v) is 24.2. The standard InChI is InChI=1S/C66H42F7N/c1-3-39-13-21-43(22-14-39)65(45-33-59(68)63(72)60(69)34-45)55-11-7-5-9-51(55)53-31-29-49(37-57(53)65)74(48-27-19-42(20-28-48)41-17-25-47(67)26-18-41)50-30-32-54-52-10-6-8-12-56(52)66(58(54)38-50,44-23-15-40(4-2)16-24-44)46-35-61(70)64(73)62(71)36-46/h3-5,7-9,11-38H,1-2,6,10H2. The minimum absolute atomic E-state index is 0.173. The first kappa shape index (κ1) is 46.3. The van der Waals surface area contributed by atoms with E-state index in [4.69, 9.17) is 0 Å². The molecule has 0 bridgehead atoms. The molecule has 9 aromatic carbocycles. The monoisotopic (exact) mass is 981 g/mol. The van der Waals surface area contributed by atoms with Gasteiger partial charge in [0.15, 0.2) is 34.9 Å². The highest BCUT2D eigenvalue weighted by Gasteiger charge is 2.50. The molecule has 0 saturated heterocycles. The van der Waals surface area contributed by atoms with Crippen molar-refractivity contribution in [1.82, 2.24) is 0 Å². The van der Waals surface area contributed by atoms with E-state index in [1.165, 1.54) is 12.1 Å². The number of nitrogens with zero attached hydrogens (tertiary/aromatic N) is 1. The summed E-state index contributed by atoms with van der Waals surface area (Å²) >= 11 is 0. The lowest BCUT2D eigenvalue weighted by Crippen LogP contribution is -2.30. The van der Waals surface area contributed by atoms with Gasteiger partial charge in [0.05, 0.1) is 10.8 Å². The van der Waals surface area contributed by atoms with E-state index in [0.29, 0.717) is 45.7 Å². The highest BCUT2D eigenvalue weighted by atomic mass is 19.2. The van der Waals surface area contributed by atoms with E-state index in [2.05, 4.69) is 13.2 Å². The Balaban J connectivity index is 1.14. The molecule has 2 unspecified atom stereocenters. The molecule has 0 spiro atoms. The van der Waals surface area contributed by atoms with Crippen molar-refractivity contribution in [1.29, 1.82) is 0 Å². The predicted molar refractivity (Wildman–Crippen MR) is 282 cm³/mol. The fourth-order valence-corrected chi connectivity index (χ4v) is 11.8. The van der Waals surface area contributed by atoms with Crippen LogP contribution < -0.4 is 4.90 Å². The SMILES string of the molecule is C=Cc1ccc(C2(c3cc(F)c(F)c(F)c3)C3=C(CCC=C3)c3ccc(N(c4ccc(-c5ccc(F)cc5)cc4)c4ccc5c(c4)C(c4ccc(C=C)cc4)(c4cc(F)c(F)c(F)c4)c4ccccc4-5)cc32)cc1. The zero-order valence-corrected chi connectivity index (χ0v) is 39.6. The van der Waals surface area contributed by atoms with Gasteiger partial charge in [-0.15, -0.1) is 0 Å². The van der Waals surface area contributed by atoms with Crippen LogP contribution in [0.4, 0.5) is 47.8 Å². The molecule has 0 radical (unpaired) electrons. The van der Waals surface area contributed by atoms with Crippen molar-refractivity contribution >= 4 is 34.8 Å². The topological polar surface area (TPSA) is 3.24 Å². The summed E-state index contributed by atoms with van der Waals surface area (Å²) < 4.78 is 107. The summed E-state index contributed by atoms with van der Waals surface area (Å²) in [7, 11) is 0. The maximum atomic E-state index is 15.8. The lowest BCUT2D eigenvalue weighted by Gasteiger charge is -2.37. The van der Waals surface area contributed by atoms with E-state index in [9.17, 15) is 4.39 Å². The van der Waals surface area contributed by atoms with E-state index in [0.717, 1.165) is 86.3 Å². The maximum absolute atomic E-state index is 15.8. The lowest BCUT2D eigenvalue weighted by molar-refractivity contribution is 0.443. The van der Waals surface area contributed by atoms with E-state index in [1.807, 2.05) is 151 Å². The Hall–Kier alpha value is -8.75. The van der Waals surface area contributed by atoms with Gasteiger partial charge in [-0.2, -0.15) is 0 Å². The Labute approximate surface area is 423 Å². The summed E-state index contributed by atoms with van der Waals surface area (Å²) in [4.78, 5) is 2.04. The second kappa shape index (κ2) is 17.8. The highest BCUT2D eigenvalue weighted by molar-refractivity contribution is 5.93. The molecule has 0 heterocycles. The van der Waals surface area contributed by atoms with Crippen LogP contribution in [-0.2, 0) is 10.8 Å². The number of rotatable bonds is 10. The van der Waals surface area contributed by atoms with Gasteiger partial charge in [0.25, 0.3) is 0 Å². The van der Waals surface area contributed by atoms with Crippen molar-refractivity contribution < 1.29 is 30.7 Å². The Bertz CT molecular complexity index is 3790. The first-order valence-electron chi connectivity index (χ1n) is 24.2. The number of hydrogen-bond donors (Lipinski definition) is 0. The number of allylic oxidation sites excluding steroid dienone is 4. The molecular weight excluding hydrogens is 940 g/mol. The van der Waals surface area contributed by atoms with Crippen LogP contribution in [0.2, 0.25) is 0 Å². The maximum Gasteiger partial charge on any atom is 0.194 e. The normalized spacial score (nSPS) is 17.1. The van der Waals surface area contributed by atoms with Crippen LogP contribution in [0.1, 0.15) is 68.5 Å². The molecule has 74 heavy (non-hydrogen) atoms. The van der Waals surface area contributed by atoms with Crippen LogP contribution in [0, 0.1) is 40.7 Å². The number of benzene rings is 9. The average Bonchev–Trinajstić information content (AvgIpc) is 3.90. The van der Waals surface area contributed by atoms with Crippen molar-refractivity contribution in [3.05, 3.63) is 309 Å². The minimum Gasteiger partial charge on any atom is -0.310 e. The molecule has 0 saturated carbocycles. The number of halogens is 7. The fraction of sp³-hybridized carbons (Fsp3) is 0.0606. The molecule has 0 N–H and O–H groups in total. The summed E-state index contributed by atoms with van der Waals surface area (Å²) in [6.07, 6.45) is 8.82. The molecule has 1 nitrogen and oxygen atoms in total. The summed E-state index contributed by atoms with van der Waals surface area (Å²) in [5.74, 6) is -8.82. The van der Waals surface area contributed by atoms with Crippen molar-refractivity contribution in [2.45, 2.75) is 23.7 Å². The van der Waals surface area contributed by atoms with Gasteiger partial charge in [-0.1, -0.05) is 147 Å². The van der Waals surface area contributed by atoms with Crippen LogP contribution in [0.15, 0.2) is 213 Å². The third kappa shape index (κ3) is 6.99. The molecular formula is C66H42F7N. The van der Waals surface area contributed by atoms with Gasteiger partial charge in [0.1, 0.15) is 5.82 Å². The molecule has 0 fully saturated rings. The van der Waals surface area contributed by atoms with Gasteiger partial charge in [-0.05, 0) is 175 Å². The molecule has 3 aliphatic rings. The molecule has 0 aromatic heterocycles. The minimum atomic E-state index is -1.58. The zero-order valence-electron chi connectivity index (χ0n) is 39.6. The molecule has 360 valence electrons. The quantitative estimate of drug-likeness (QED) is 0.0975. The summed E-state index contributed by atoms with van der Waals surface area (Å²) in [5.41, 5.74) is 10.6. The molecule has 3 aliphatic carbocycles. The van der Waals surface area contributed by atoms with Crippen molar-refractivity contribution in [2.24, 2.45) is 0 Å². The Morgan fingerprint density at radius 3 is 1.43 bits per heavy atom. The third-order valence-corrected chi connectivity index (χ3v) is 15.1. The van der Waals surface area contributed by atoms with E-state index in [1.54, 1.807) is 24.3 Å². The van der Waals surface area contributed by atoms with Crippen LogP contribution in [0.5, 0.6) is 0 Å². The molecule has 12 rings (SSSR count). The highest BCUT2D eigenvalue weighted by Crippen LogP contribution is 2.60. The van der Waals surface area contributed by atoms with Gasteiger partial charge in [0.2, 0.25) is 0 Å². The smallest absolute Gasteiger partial charge is 0.194 e. The molecule has 8 heteroatoms. The second-order valence-corrected chi connectivity index (χ2v) is 18.9. The summed E-state index contributed by atoms with van der Waals surface area (Å²) in [6, 6.07) is 53.0. The van der Waals surface area contributed by atoms with Gasteiger partial charge in [-0.25, -0.2) is 30.7 Å². The molecule has 9 aromatic rings. The van der Waals surface area contributed by atoms with Gasteiger partial charge >= 0.3 is 0 Å². The third-order valence-electron chi connectivity index (χ3n) is 15.1. The number of anilines is 3. The molecule has 0 aliphatic heterocycles. The number of hydrogen-bond acceptors (Lipinski definition) is 1. The van der Waals surface area contributed by atoms with Crippen LogP contribution in [-0.4, -0.2) is 0 Å². The predicted octanol–water partition coefficient (Wildman–Crippen LogP) is 17.9. The summed E-state index contributed by atoms with van der Waals surface area (Å²) in [6.45, 7) is 7.88. The van der Waals surface area contributed by atoms with Crippen molar-refractivity contribution in [3.8, 4) is 22.3 Å². The van der Waals surface area contributed by atoms with E-state index < -0.39 is 45.7 Å². The zero-order chi connectivity index (χ0) is 51.0. The Morgan fingerprint density at radius 2 is 0.878 bits per heavy atom. The summed E-state index contributed by atoms with van der Waals surface area (Å²) in [5, 5.41) is 0. The van der Waals surface area contributed by atoms with Gasteiger partial charge in [-0.3, -0.25) is 0 Å². The lowest BCUT2D eigenvalue weighted by atomic mass is 9.66. The van der Waals surface area contributed by atoms with Crippen molar-refractivity contribution in [2.75, 3.05) is 4.90 Å². The molecule has 0 amide bonds. The van der Waals surface area contributed by atoms with E-state index >= 15 is 26.3 Å². The Kier molecular flexibility index (Phi) is 11.1. The fourth-order valence-electron chi connectivity index (χ4n) is 11.8. The van der Waals surface area contributed by atoms with E-state index in [-0.39, 0.29) is 16.9 Å². The van der Waals surface area contributed by atoms with Crippen LogP contribution >= 0.6 is 0 Å². The Morgan fingerprint density at radius 1 is 0.419 bits per heavy atom. The van der Waals surface area contributed by atoms with Crippen molar-refractivity contribution in [3.63, 3.8) is 0 Å². The van der Waals surface area contributed by atoms with Crippen LogP contribution in [0.3, 0.4) is 0 Å². The second-order valence-electron chi connectivity index (χ2n) is 18.9.